The molecule has 1 atom stereocenters. The van der Waals surface area contributed by atoms with E-state index in [4.69, 9.17) is 0 Å². The van der Waals surface area contributed by atoms with Gasteiger partial charge < -0.3 is 5.32 Å². The van der Waals surface area contributed by atoms with E-state index in [0.29, 0.717) is 28.8 Å². The van der Waals surface area contributed by atoms with Gasteiger partial charge in [-0.25, -0.2) is 9.97 Å². The van der Waals surface area contributed by atoms with Gasteiger partial charge >= 0.3 is 6.18 Å². The number of hydrogen-bond acceptors (Lipinski definition) is 3. The van der Waals surface area contributed by atoms with Crippen molar-refractivity contribution in [3.05, 3.63) is 35.3 Å². The average Bonchev–Trinajstić information content (AvgIpc) is 2.36. The number of rotatable bonds is 3. The minimum absolute atomic E-state index is 0.127. The van der Waals surface area contributed by atoms with Crippen molar-refractivity contribution < 1.29 is 13.2 Å². The van der Waals surface area contributed by atoms with Crippen molar-refractivity contribution >= 4 is 10.9 Å². The Labute approximate surface area is 115 Å². The van der Waals surface area contributed by atoms with Gasteiger partial charge in [-0.1, -0.05) is 0 Å². The van der Waals surface area contributed by atoms with E-state index < -0.39 is 11.7 Å². The molecule has 0 aliphatic rings. The molecule has 0 bridgehead atoms. The maximum atomic E-state index is 12.8. The van der Waals surface area contributed by atoms with Crippen LogP contribution in [0.25, 0.3) is 10.9 Å². The molecule has 0 aliphatic heterocycles. The third kappa shape index (κ3) is 3.07. The van der Waals surface area contributed by atoms with Crippen LogP contribution in [-0.2, 0) is 12.6 Å². The third-order valence-corrected chi connectivity index (χ3v) is 3.21. The molecule has 1 N–H and O–H groups in total. The predicted molar refractivity (Wildman–Crippen MR) is 71.5 cm³/mol. The average molecular weight is 283 g/mol. The van der Waals surface area contributed by atoms with Crippen LogP contribution in [0, 0.1) is 6.92 Å². The van der Waals surface area contributed by atoms with Crippen LogP contribution < -0.4 is 5.32 Å². The van der Waals surface area contributed by atoms with E-state index in [1.54, 1.807) is 6.92 Å². The molecule has 0 spiro atoms. The van der Waals surface area contributed by atoms with Crippen molar-refractivity contribution in [2.75, 3.05) is 7.05 Å². The molecular formula is C14H16F3N3. The second-order valence-electron chi connectivity index (χ2n) is 4.84. The molecule has 20 heavy (non-hydrogen) atoms. The van der Waals surface area contributed by atoms with Crippen LogP contribution in [0.5, 0.6) is 0 Å². The first-order valence-electron chi connectivity index (χ1n) is 6.33. The zero-order valence-corrected chi connectivity index (χ0v) is 11.5. The van der Waals surface area contributed by atoms with Crippen LogP contribution in [0.2, 0.25) is 0 Å². The number of halogens is 3. The summed E-state index contributed by atoms with van der Waals surface area (Å²) >= 11 is 0. The summed E-state index contributed by atoms with van der Waals surface area (Å²) in [6.07, 6.45) is -3.80. The first-order valence-corrected chi connectivity index (χ1v) is 6.33. The molecule has 0 amide bonds. The Balaban J connectivity index is 2.59. The van der Waals surface area contributed by atoms with Crippen LogP contribution in [-0.4, -0.2) is 23.1 Å². The number of likely N-dealkylation sites (N-methyl/N-ethyl adjacent to an activating group) is 1. The van der Waals surface area contributed by atoms with Gasteiger partial charge in [0.1, 0.15) is 5.82 Å². The van der Waals surface area contributed by atoms with Gasteiger partial charge in [-0.2, -0.15) is 13.2 Å². The quantitative estimate of drug-likeness (QED) is 0.940. The Hall–Kier alpha value is -1.69. The van der Waals surface area contributed by atoms with Gasteiger partial charge in [-0.15, -0.1) is 0 Å². The first kappa shape index (κ1) is 14.7. The summed E-state index contributed by atoms with van der Waals surface area (Å²) in [4.78, 5) is 8.49. The molecule has 2 rings (SSSR count). The lowest BCUT2D eigenvalue weighted by Gasteiger charge is -2.13. The number of benzene rings is 1. The van der Waals surface area contributed by atoms with Gasteiger partial charge in [0.05, 0.1) is 16.8 Å². The molecule has 0 saturated heterocycles. The highest BCUT2D eigenvalue weighted by Gasteiger charge is 2.30. The second kappa shape index (κ2) is 5.36. The van der Waals surface area contributed by atoms with Gasteiger partial charge in [0, 0.05) is 17.8 Å². The van der Waals surface area contributed by atoms with Crippen LogP contribution in [0.4, 0.5) is 13.2 Å². The number of fused-ring (bicyclic) bond motifs is 1. The molecule has 1 unspecified atom stereocenters. The molecule has 1 aromatic heterocycles. The van der Waals surface area contributed by atoms with Crippen molar-refractivity contribution in [3.63, 3.8) is 0 Å². The van der Waals surface area contributed by atoms with Crippen molar-refractivity contribution in [3.8, 4) is 0 Å². The summed E-state index contributed by atoms with van der Waals surface area (Å²) in [6.45, 7) is 3.70. The summed E-state index contributed by atoms with van der Waals surface area (Å²) in [6, 6.07) is 3.72. The van der Waals surface area contributed by atoms with Gasteiger partial charge in [-0.3, -0.25) is 0 Å². The lowest BCUT2D eigenvalue weighted by atomic mass is 10.0. The van der Waals surface area contributed by atoms with Crippen LogP contribution in [0.15, 0.2) is 18.2 Å². The number of alkyl halides is 3. The summed E-state index contributed by atoms with van der Waals surface area (Å²) in [7, 11) is 1.81. The van der Waals surface area contributed by atoms with Gasteiger partial charge in [-0.05, 0) is 39.1 Å². The second-order valence-corrected chi connectivity index (χ2v) is 4.84. The molecule has 1 aromatic carbocycles. The van der Waals surface area contributed by atoms with E-state index in [1.165, 1.54) is 6.07 Å². The highest BCUT2D eigenvalue weighted by atomic mass is 19.4. The first-order chi connectivity index (χ1) is 9.31. The summed E-state index contributed by atoms with van der Waals surface area (Å²) in [5.41, 5.74) is 0.514. The zero-order valence-electron chi connectivity index (χ0n) is 11.5. The fourth-order valence-electron chi connectivity index (χ4n) is 2.04. The van der Waals surface area contributed by atoms with E-state index in [1.807, 2.05) is 14.0 Å². The molecule has 3 nitrogen and oxygen atoms in total. The van der Waals surface area contributed by atoms with Crippen molar-refractivity contribution in [2.45, 2.75) is 32.5 Å². The maximum Gasteiger partial charge on any atom is 0.416 e. The predicted octanol–water partition coefficient (Wildman–Crippen LogP) is 3.11. The summed E-state index contributed by atoms with van der Waals surface area (Å²) < 4.78 is 38.4. The Morgan fingerprint density at radius 2 is 1.95 bits per heavy atom. The molecule has 0 saturated carbocycles. The van der Waals surface area contributed by atoms with Crippen molar-refractivity contribution in [1.82, 2.24) is 15.3 Å². The normalized spacial score (nSPS) is 13.7. The standard InChI is InChI=1S/C14H16F3N3/c1-8(18-3)6-13-11-7-10(14(15,16)17)4-5-12(11)19-9(2)20-13/h4-5,7-8,18H,6H2,1-3H3. The lowest BCUT2D eigenvalue weighted by molar-refractivity contribution is -0.137. The van der Waals surface area contributed by atoms with Crippen LogP contribution in [0.1, 0.15) is 24.0 Å². The Morgan fingerprint density at radius 1 is 1.25 bits per heavy atom. The number of aryl methyl sites for hydroxylation is 1. The van der Waals surface area contributed by atoms with E-state index in [9.17, 15) is 13.2 Å². The monoisotopic (exact) mass is 283 g/mol. The van der Waals surface area contributed by atoms with E-state index in [-0.39, 0.29) is 6.04 Å². The van der Waals surface area contributed by atoms with Crippen molar-refractivity contribution in [2.24, 2.45) is 0 Å². The van der Waals surface area contributed by atoms with E-state index >= 15 is 0 Å². The molecule has 0 aliphatic carbocycles. The van der Waals surface area contributed by atoms with Gasteiger partial charge in [0.15, 0.2) is 0 Å². The number of nitrogens with zero attached hydrogens (tertiary/aromatic N) is 2. The number of aromatic nitrogens is 2. The van der Waals surface area contributed by atoms with E-state index in [0.717, 1.165) is 12.1 Å². The number of hydrogen-bond donors (Lipinski definition) is 1. The largest absolute Gasteiger partial charge is 0.416 e. The van der Waals surface area contributed by atoms with Crippen molar-refractivity contribution in [1.29, 1.82) is 0 Å². The fourth-order valence-corrected chi connectivity index (χ4v) is 2.04. The molecular weight excluding hydrogens is 267 g/mol. The molecule has 0 fully saturated rings. The van der Waals surface area contributed by atoms with Crippen LogP contribution in [0.3, 0.4) is 0 Å². The molecule has 2 aromatic rings. The topological polar surface area (TPSA) is 37.8 Å². The number of nitrogens with one attached hydrogen (secondary N) is 1. The maximum absolute atomic E-state index is 12.8. The summed E-state index contributed by atoms with van der Waals surface area (Å²) in [5.74, 6) is 0.565. The zero-order chi connectivity index (χ0) is 14.9. The highest BCUT2D eigenvalue weighted by Crippen LogP contribution is 2.31. The van der Waals surface area contributed by atoms with Gasteiger partial charge in [0.2, 0.25) is 0 Å². The Kier molecular flexibility index (Phi) is 3.94. The third-order valence-electron chi connectivity index (χ3n) is 3.21. The minimum Gasteiger partial charge on any atom is -0.317 e. The highest BCUT2D eigenvalue weighted by molar-refractivity contribution is 5.82. The Bertz CT molecular complexity index is 623. The van der Waals surface area contributed by atoms with Gasteiger partial charge in [0.25, 0.3) is 0 Å². The SMILES string of the molecule is CNC(C)Cc1nc(C)nc2ccc(C(F)(F)F)cc12. The molecule has 1 heterocycles. The minimum atomic E-state index is -4.36. The molecule has 108 valence electrons. The molecule has 6 heteroatoms. The van der Waals surface area contributed by atoms with Crippen LogP contribution >= 0.6 is 0 Å². The molecule has 0 radical (unpaired) electrons. The smallest absolute Gasteiger partial charge is 0.317 e. The summed E-state index contributed by atoms with van der Waals surface area (Å²) in [5, 5.41) is 3.53. The lowest BCUT2D eigenvalue weighted by Crippen LogP contribution is -2.24. The Morgan fingerprint density at radius 3 is 2.55 bits per heavy atom. The van der Waals surface area contributed by atoms with E-state index in [2.05, 4.69) is 15.3 Å². The fraction of sp³-hybridized carbons (Fsp3) is 0.429.